The first-order valence-electron chi connectivity index (χ1n) is 4.65. The van der Waals surface area contributed by atoms with Gasteiger partial charge in [-0.05, 0) is 30.2 Å². The maximum absolute atomic E-state index is 12.9. The molecule has 0 aliphatic heterocycles. The average molecular weight is 233 g/mol. The van der Waals surface area contributed by atoms with E-state index >= 15 is 0 Å². The number of nitrogens with two attached hydrogens (primary N) is 1. The molecule has 1 aromatic rings. The molecule has 0 saturated heterocycles. The van der Waals surface area contributed by atoms with Crippen molar-refractivity contribution in [3.05, 3.63) is 47.3 Å². The maximum atomic E-state index is 12.9. The van der Waals surface area contributed by atoms with E-state index in [1.807, 2.05) is 0 Å². The third-order valence-corrected chi connectivity index (χ3v) is 1.94. The SMILES string of the molecule is NC/C=C\Cc1cc(F)cc(C(F)(F)F)c1. The zero-order chi connectivity index (χ0) is 12.2. The Kier molecular flexibility index (Phi) is 4.06. The zero-order valence-corrected chi connectivity index (χ0v) is 8.39. The predicted molar refractivity (Wildman–Crippen MR) is 53.3 cm³/mol. The molecule has 0 spiro atoms. The molecule has 0 heterocycles. The van der Waals surface area contributed by atoms with E-state index in [1.165, 1.54) is 0 Å². The van der Waals surface area contributed by atoms with Gasteiger partial charge in [0.15, 0.2) is 0 Å². The summed E-state index contributed by atoms with van der Waals surface area (Å²) < 4.78 is 49.9. The van der Waals surface area contributed by atoms with Gasteiger partial charge in [0.2, 0.25) is 0 Å². The van der Waals surface area contributed by atoms with Crippen molar-refractivity contribution in [2.45, 2.75) is 12.6 Å². The number of rotatable bonds is 3. The van der Waals surface area contributed by atoms with Crippen LogP contribution in [0.2, 0.25) is 0 Å². The molecule has 16 heavy (non-hydrogen) atoms. The predicted octanol–water partition coefficient (Wildman–Crippen LogP) is 2.90. The van der Waals surface area contributed by atoms with Crippen molar-refractivity contribution >= 4 is 0 Å². The van der Waals surface area contributed by atoms with Crippen LogP contribution in [0.1, 0.15) is 11.1 Å². The van der Waals surface area contributed by atoms with Crippen LogP contribution in [0.15, 0.2) is 30.4 Å². The third kappa shape index (κ3) is 3.66. The first-order valence-corrected chi connectivity index (χ1v) is 4.65. The molecule has 0 aliphatic rings. The topological polar surface area (TPSA) is 26.0 Å². The fourth-order valence-corrected chi connectivity index (χ4v) is 1.25. The lowest BCUT2D eigenvalue weighted by atomic mass is 10.1. The van der Waals surface area contributed by atoms with Crippen LogP contribution in [-0.2, 0) is 12.6 Å². The second kappa shape index (κ2) is 5.12. The van der Waals surface area contributed by atoms with Gasteiger partial charge in [-0.15, -0.1) is 0 Å². The van der Waals surface area contributed by atoms with Crippen LogP contribution in [0.4, 0.5) is 17.6 Å². The summed E-state index contributed by atoms with van der Waals surface area (Å²) in [7, 11) is 0. The van der Waals surface area contributed by atoms with Gasteiger partial charge in [-0.2, -0.15) is 13.2 Å². The molecule has 2 N–H and O–H groups in total. The summed E-state index contributed by atoms with van der Waals surface area (Å²) in [4.78, 5) is 0. The van der Waals surface area contributed by atoms with Gasteiger partial charge >= 0.3 is 6.18 Å². The van der Waals surface area contributed by atoms with E-state index in [0.717, 1.165) is 12.1 Å². The molecular formula is C11H11F4N. The highest BCUT2D eigenvalue weighted by Gasteiger charge is 2.31. The number of allylic oxidation sites excluding steroid dienone is 1. The summed E-state index contributed by atoms with van der Waals surface area (Å²) in [5.41, 5.74) is 4.49. The molecule has 0 fully saturated rings. The van der Waals surface area contributed by atoms with E-state index in [2.05, 4.69) is 0 Å². The molecule has 0 radical (unpaired) electrons. The number of hydrogen-bond donors (Lipinski definition) is 1. The van der Waals surface area contributed by atoms with Gasteiger partial charge in [0.05, 0.1) is 5.56 Å². The van der Waals surface area contributed by atoms with E-state index in [-0.39, 0.29) is 12.0 Å². The van der Waals surface area contributed by atoms with Crippen LogP contribution in [0.5, 0.6) is 0 Å². The van der Waals surface area contributed by atoms with Crippen molar-refractivity contribution in [1.29, 1.82) is 0 Å². The second-order valence-electron chi connectivity index (χ2n) is 3.26. The quantitative estimate of drug-likeness (QED) is 0.630. The summed E-state index contributed by atoms with van der Waals surface area (Å²) in [6.45, 7) is 0.307. The molecule has 0 unspecified atom stereocenters. The van der Waals surface area contributed by atoms with E-state index < -0.39 is 17.6 Å². The van der Waals surface area contributed by atoms with Crippen LogP contribution in [0.25, 0.3) is 0 Å². The number of hydrogen-bond acceptors (Lipinski definition) is 1. The van der Waals surface area contributed by atoms with Gasteiger partial charge in [0.25, 0.3) is 0 Å². The van der Waals surface area contributed by atoms with Gasteiger partial charge in [-0.1, -0.05) is 12.2 Å². The molecule has 0 saturated carbocycles. The largest absolute Gasteiger partial charge is 0.416 e. The zero-order valence-electron chi connectivity index (χ0n) is 8.39. The van der Waals surface area contributed by atoms with Crippen LogP contribution >= 0.6 is 0 Å². The highest BCUT2D eigenvalue weighted by molar-refractivity contribution is 5.28. The summed E-state index contributed by atoms with van der Waals surface area (Å²) in [5.74, 6) is -0.883. The Morgan fingerprint density at radius 1 is 1.12 bits per heavy atom. The Bertz CT molecular complexity index is 382. The Morgan fingerprint density at radius 3 is 2.38 bits per heavy atom. The normalized spacial score (nSPS) is 12.3. The van der Waals surface area contributed by atoms with Gasteiger partial charge in [-0.25, -0.2) is 4.39 Å². The lowest BCUT2D eigenvalue weighted by Gasteiger charge is -2.08. The highest BCUT2D eigenvalue weighted by Crippen LogP contribution is 2.30. The van der Waals surface area contributed by atoms with Crippen molar-refractivity contribution in [2.24, 2.45) is 5.73 Å². The van der Waals surface area contributed by atoms with Gasteiger partial charge in [0, 0.05) is 6.54 Å². The Labute approximate surface area is 90.6 Å². The number of halogens is 4. The van der Waals surface area contributed by atoms with Crippen LogP contribution in [0.3, 0.4) is 0 Å². The fourth-order valence-electron chi connectivity index (χ4n) is 1.25. The Hall–Kier alpha value is -1.36. The Balaban J connectivity index is 2.95. The molecule has 0 aromatic heterocycles. The van der Waals surface area contributed by atoms with Crippen LogP contribution < -0.4 is 5.73 Å². The first kappa shape index (κ1) is 12.7. The molecule has 1 nitrogen and oxygen atoms in total. The second-order valence-corrected chi connectivity index (χ2v) is 3.26. The molecule has 1 aromatic carbocycles. The molecule has 0 amide bonds. The van der Waals surface area contributed by atoms with Crippen molar-refractivity contribution < 1.29 is 17.6 Å². The summed E-state index contributed by atoms with van der Waals surface area (Å²) in [6, 6.07) is 2.50. The van der Waals surface area contributed by atoms with Gasteiger partial charge in [0.1, 0.15) is 5.82 Å². The summed E-state index contributed by atoms with van der Waals surface area (Å²) in [6.07, 6.45) is -1.07. The van der Waals surface area contributed by atoms with E-state index in [4.69, 9.17) is 5.73 Å². The monoisotopic (exact) mass is 233 g/mol. The standard InChI is InChI=1S/C11H11F4N/c12-10-6-8(3-1-2-4-16)5-9(7-10)11(13,14)15/h1-2,5-7H,3-4,16H2/b2-1-. The molecule has 0 bridgehead atoms. The molecular weight excluding hydrogens is 222 g/mol. The minimum absolute atomic E-state index is 0.234. The lowest BCUT2D eigenvalue weighted by molar-refractivity contribution is -0.137. The highest BCUT2D eigenvalue weighted by atomic mass is 19.4. The minimum Gasteiger partial charge on any atom is -0.327 e. The third-order valence-electron chi connectivity index (χ3n) is 1.94. The van der Waals surface area contributed by atoms with Crippen molar-refractivity contribution in [3.63, 3.8) is 0 Å². The van der Waals surface area contributed by atoms with Crippen LogP contribution in [-0.4, -0.2) is 6.54 Å². The summed E-state index contributed by atoms with van der Waals surface area (Å²) >= 11 is 0. The smallest absolute Gasteiger partial charge is 0.327 e. The number of alkyl halides is 3. The molecule has 0 atom stereocenters. The Morgan fingerprint density at radius 2 is 1.81 bits per heavy atom. The molecule has 0 aliphatic carbocycles. The van der Waals surface area contributed by atoms with Crippen LogP contribution in [0, 0.1) is 5.82 Å². The van der Waals surface area contributed by atoms with Crippen molar-refractivity contribution in [1.82, 2.24) is 0 Å². The average Bonchev–Trinajstić information content (AvgIpc) is 2.16. The first-order chi connectivity index (χ1) is 7.43. The molecule has 5 heteroatoms. The molecule has 88 valence electrons. The van der Waals surface area contributed by atoms with Gasteiger partial charge in [-0.3, -0.25) is 0 Å². The lowest BCUT2D eigenvalue weighted by Crippen LogP contribution is -2.06. The minimum atomic E-state index is -4.52. The number of benzene rings is 1. The van der Waals surface area contributed by atoms with Crippen molar-refractivity contribution in [2.75, 3.05) is 6.54 Å². The van der Waals surface area contributed by atoms with E-state index in [0.29, 0.717) is 12.6 Å². The molecule has 1 rings (SSSR count). The summed E-state index contributed by atoms with van der Waals surface area (Å²) in [5, 5.41) is 0. The van der Waals surface area contributed by atoms with E-state index in [1.54, 1.807) is 12.2 Å². The van der Waals surface area contributed by atoms with E-state index in [9.17, 15) is 17.6 Å². The fraction of sp³-hybridized carbons (Fsp3) is 0.273. The van der Waals surface area contributed by atoms with Crippen molar-refractivity contribution in [3.8, 4) is 0 Å². The van der Waals surface area contributed by atoms with Gasteiger partial charge < -0.3 is 5.73 Å². The maximum Gasteiger partial charge on any atom is 0.416 e.